The number of unbranched alkanes of at least 4 members (excludes halogenated alkanes) is 26. The smallest absolute Gasteiger partial charge is 0.306 e. The molecule has 10 heteroatoms. The van der Waals surface area contributed by atoms with Crippen LogP contribution in [0.3, 0.4) is 0 Å². The van der Waals surface area contributed by atoms with Gasteiger partial charge in [0, 0.05) is 12.8 Å². The summed E-state index contributed by atoms with van der Waals surface area (Å²) in [5, 5.41) is 40.1. The van der Waals surface area contributed by atoms with Crippen LogP contribution in [0.5, 0.6) is 0 Å². The average molecular weight is 839 g/mol. The number of hydrogen-bond acceptors (Lipinski definition) is 10. The third-order valence-corrected chi connectivity index (χ3v) is 11.3. The van der Waals surface area contributed by atoms with Crippen LogP contribution in [0.15, 0.2) is 24.3 Å². The highest BCUT2D eigenvalue weighted by Crippen LogP contribution is 2.23. The van der Waals surface area contributed by atoms with E-state index in [1.165, 1.54) is 128 Å². The van der Waals surface area contributed by atoms with Gasteiger partial charge in [0.2, 0.25) is 0 Å². The first-order valence-electron chi connectivity index (χ1n) is 24.4. The molecule has 1 fully saturated rings. The lowest BCUT2D eigenvalue weighted by Gasteiger charge is -2.39. The molecule has 1 aliphatic heterocycles. The molecule has 0 amide bonds. The molecular formula is C49H90O10. The van der Waals surface area contributed by atoms with E-state index in [4.69, 9.17) is 18.9 Å². The van der Waals surface area contributed by atoms with Gasteiger partial charge in [-0.2, -0.15) is 0 Å². The van der Waals surface area contributed by atoms with Crippen molar-refractivity contribution in [2.75, 3.05) is 19.8 Å². The minimum atomic E-state index is -1.59. The number of rotatable bonds is 41. The number of esters is 2. The van der Waals surface area contributed by atoms with E-state index in [9.17, 15) is 30.0 Å². The first-order chi connectivity index (χ1) is 28.8. The van der Waals surface area contributed by atoms with Gasteiger partial charge in [0.05, 0.1) is 13.2 Å². The second-order valence-electron chi connectivity index (χ2n) is 16.9. The lowest BCUT2D eigenvalue weighted by atomic mass is 9.99. The van der Waals surface area contributed by atoms with Gasteiger partial charge in [-0.05, 0) is 44.9 Å². The van der Waals surface area contributed by atoms with E-state index in [-0.39, 0.29) is 32.0 Å². The zero-order valence-corrected chi connectivity index (χ0v) is 37.8. The van der Waals surface area contributed by atoms with Gasteiger partial charge in [-0.15, -0.1) is 0 Å². The number of ether oxygens (including phenoxy) is 4. The third-order valence-electron chi connectivity index (χ3n) is 11.3. The Morgan fingerprint density at radius 2 is 0.949 bits per heavy atom. The van der Waals surface area contributed by atoms with Crippen molar-refractivity contribution in [3.8, 4) is 0 Å². The first-order valence-corrected chi connectivity index (χ1v) is 24.4. The minimum absolute atomic E-state index is 0.218. The quantitative estimate of drug-likeness (QED) is 0.0266. The zero-order valence-electron chi connectivity index (χ0n) is 37.8. The van der Waals surface area contributed by atoms with Crippen molar-refractivity contribution in [1.82, 2.24) is 0 Å². The summed E-state index contributed by atoms with van der Waals surface area (Å²) in [7, 11) is 0. The number of hydrogen-bond donors (Lipinski definition) is 4. The molecule has 0 spiro atoms. The monoisotopic (exact) mass is 839 g/mol. The molecular weight excluding hydrogens is 749 g/mol. The second-order valence-corrected chi connectivity index (χ2v) is 16.9. The summed E-state index contributed by atoms with van der Waals surface area (Å²) in [6.45, 7) is 3.42. The van der Waals surface area contributed by atoms with Crippen molar-refractivity contribution in [3.63, 3.8) is 0 Å². The SMILES string of the molecule is CCCCC/C=C/C/C=C/CCCCCCCCCC(=O)OC[C@@H](CO[C@H]1O[C@@H](CO)[C@@H](O)C(O)C1O)OC(=O)CCCCCCCCCCCCCCCCCCC. The van der Waals surface area contributed by atoms with E-state index in [0.29, 0.717) is 6.42 Å². The van der Waals surface area contributed by atoms with Gasteiger partial charge in [0.25, 0.3) is 0 Å². The Balaban J connectivity index is 2.29. The van der Waals surface area contributed by atoms with Crippen LogP contribution < -0.4 is 0 Å². The van der Waals surface area contributed by atoms with E-state index in [1.807, 2.05) is 0 Å². The van der Waals surface area contributed by atoms with Gasteiger partial charge >= 0.3 is 11.9 Å². The van der Waals surface area contributed by atoms with Crippen LogP contribution in [0.1, 0.15) is 219 Å². The van der Waals surface area contributed by atoms with Crippen LogP contribution >= 0.6 is 0 Å². The topological polar surface area (TPSA) is 152 Å². The fraction of sp³-hybridized carbons (Fsp3) is 0.878. The Morgan fingerprint density at radius 1 is 0.525 bits per heavy atom. The maximum atomic E-state index is 12.8. The number of aliphatic hydroxyl groups excluding tert-OH is 4. The third kappa shape index (κ3) is 31.7. The molecule has 1 heterocycles. The van der Waals surface area contributed by atoms with Crippen molar-refractivity contribution in [1.29, 1.82) is 0 Å². The fourth-order valence-corrected chi connectivity index (χ4v) is 7.45. The van der Waals surface area contributed by atoms with Crippen LogP contribution in [-0.2, 0) is 28.5 Å². The summed E-state index contributed by atoms with van der Waals surface area (Å²) >= 11 is 0. The second kappa shape index (κ2) is 40.3. The van der Waals surface area contributed by atoms with E-state index in [2.05, 4.69) is 38.2 Å². The highest BCUT2D eigenvalue weighted by Gasteiger charge is 2.44. The molecule has 0 aromatic rings. The molecule has 4 N–H and O–H groups in total. The van der Waals surface area contributed by atoms with Crippen LogP contribution in [0.25, 0.3) is 0 Å². The van der Waals surface area contributed by atoms with Crippen LogP contribution in [0.4, 0.5) is 0 Å². The normalized spacial score (nSPS) is 20.1. The maximum Gasteiger partial charge on any atom is 0.306 e. The van der Waals surface area contributed by atoms with Crippen molar-refractivity contribution in [2.24, 2.45) is 0 Å². The lowest BCUT2D eigenvalue weighted by molar-refractivity contribution is -0.305. The Hall–Kier alpha value is -1.82. The predicted octanol–water partition coefficient (Wildman–Crippen LogP) is 10.9. The number of aliphatic hydroxyl groups is 4. The van der Waals surface area contributed by atoms with Crippen LogP contribution in [0.2, 0.25) is 0 Å². The average Bonchev–Trinajstić information content (AvgIpc) is 3.23. The molecule has 1 aliphatic rings. The molecule has 0 radical (unpaired) electrons. The fourth-order valence-electron chi connectivity index (χ4n) is 7.45. The summed E-state index contributed by atoms with van der Waals surface area (Å²) in [5.74, 6) is -0.805. The van der Waals surface area contributed by atoms with E-state index in [1.54, 1.807) is 0 Å². The van der Waals surface area contributed by atoms with Crippen molar-refractivity contribution in [2.45, 2.75) is 256 Å². The van der Waals surface area contributed by atoms with Gasteiger partial charge in [0.1, 0.15) is 31.0 Å². The Labute approximate surface area is 360 Å². The molecule has 0 bridgehead atoms. The standard InChI is InChI=1S/C49H90O10/c1-3-5-7-9-11-13-15-17-19-21-23-25-27-29-31-33-35-37-44(51)56-40-42(41-57-49-48(55)47(54)46(53)43(39-50)59-49)58-45(52)38-36-34-32-30-28-26-24-22-20-18-16-14-12-10-8-6-4-2/h11,13,17,19,42-43,46-50,53-55H,3-10,12,14-16,18,20-41H2,1-2H3/b13-11+,19-17+/t42-,43-,46+,47?,48?,49-/m0/s1. The molecule has 346 valence electrons. The van der Waals surface area contributed by atoms with Crippen LogP contribution in [0, 0.1) is 0 Å². The summed E-state index contributed by atoms with van der Waals surface area (Å²) in [4.78, 5) is 25.4. The van der Waals surface area contributed by atoms with Crippen molar-refractivity contribution < 1.29 is 49.0 Å². The Bertz CT molecular complexity index is 1020. The van der Waals surface area contributed by atoms with E-state index >= 15 is 0 Å². The van der Waals surface area contributed by atoms with Gasteiger partial charge in [-0.3, -0.25) is 9.59 Å². The highest BCUT2D eigenvalue weighted by molar-refractivity contribution is 5.70. The molecule has 59 heavy (non-hydrogen) atoms. The molecule has 6 atom stereocenters. The van der Waals surface area contributed by atoms with Crippen molar-refractivity contribution >= 4 is 11.9 Å². The van der Waals surface area contributed by atoms with Crippen LogP contribution in [-0.4, -0.2) is 89.0 Å². The molecule has 1 rings (SSSR count). The lowest BCUT2D eigenvalue weighted by Crippen LogP contribution is -2.59. The highest BCUT2D eigenvalue weighted by atomic mass is 16.7. The summed E-state index contributed by atoms with van der Waals surface area (Å²) < 4.78 is 22.2. The van der Waals surface area contributed by atoms with Gasteiger partial charge in [0.15, 0.2) is 12.4 Å². The Morgan fingerprint density at radius 3 is 1.44 bits per heavy atom. The largest absolute Gasteiger partial charge is 0.462 e. The predicted molar refractivity (Wildman–Crippen MR) is 238 cm³/mol. The Kier molecular flexibility index (Phi) is 37.7. The molecule has 0 aromatic carbocycles. The molecule has 0 saturated carbocycles. The maximum absolute atomic E-state index is 12.8. The molecule has 2 unspecified atom stereocenters. The van der Waals surface area contributed by atoms with Gasteiger partial charge in [-0.1, -0.05) is 186 Å². The minimum Gasteiger partial charge on any atom is -0.462 e. The zero-order chi connectivity index (χ0) is 43.0. The first kappa shape index (κ1) is 55.2. The summed E-state index contributed by atoms with van der Waals surface area (Å²) in [6.07, 6.45) is 37.5. The van der Waals surface area contributed by atoms with E-state index < -0.39 is 49.4 Å². The van der Waals surface area contributed by atoms with E-state index in [0.717, 1.165) is 57.8 Å². The number of carbonyl (C=O) groups excluding carboxylic acids is 2. The summed E-state index contributed by atoms with van der Waals surface area (Å²) in [5.41, 5.74) is 0. The van der Waals surface area contributed by atoms with Gasteiger partial charge in [-0.25, -0.2) is 0 Å². The molecule has 10 nitrogen and oxygen atoms in total. The number of carbonyl (C=O) groups is 2. The summed E-state index contributed by atoms with van der Waals surface area (Å²) in [6, 6.07) is 0. The molecule has 0 aliphatic carbocycles. The molecule has 1 saturated heterocycles. The molecule has 0 aromatic heterocycles. The number of allylic oxidation sites excluding steroid dienone is 4. The van der Waals surface area contributed by atoms with Gasteiger partial charge < -0.3 is 39.4 Å². The van der Waals surface area contributed by atoms with Crippen molar-refractivity contribution in [3.05, 3.63) is 24.3 Å².